The normalized spacial score (nSPS) is 13.4. The van der Waals surface area contributed by atoms with Gasteiger partial charge in [-0.1, -0.05) is 20.8 Å². The van der Waals surface area contributed by atoms with Crippen molar-refractivity contribution in [2.24, 2.45) is 5.92 Å². The number of nitrogens with one attached hydrogen (secondary N) is 1. The van der Waals surface area contributed by atoms with Crippen molar-refractivity contribution in [2.45, 2.75) is 46.1 Å². The van der Waals surface area contributed by atoms with E-state index in [1.165, 1.54) is 0 Å². The van der Waals surface area contributed by atoms with Gasteiger partial charge in [0.1, 0.15) is 11.4 Å². The Labute approximate surface area is 143 Å². The van der Waals surface area contributed by atoms with E-state index in [1.54, 1.807) is 24.3 Å². The zero-order chi connectivity index (χ0) is 18.2. The number of benzene rings is 1. The summed E-state index contributed by atoms with van der Waals surface area (Å²) < 4.78 is 10.9. The third-order valence-electron chi connectivity index (χ3n) is 3.38. The maximum atomic E-state index is 12.6. The van der Waals surface area contributed by atoms with Gasteiger partial charge in [-0.05, 0) is 49.9 Å². The van der Waals surface area contributed by atoms with Crippen LogP contribution in [0.25, 0.3) is 0 Å². The predicted molar refractivity (Wildman–Crippen MR) is 92.3 cm³/mol. The number of carbonyl (C=O) groups excluding carboxylic acids is 1. The summed E-state index contributed by atoms with van der Waals surface area (Å²) in [5.74, 6) is -0.472. The second kappa shape index (κ2) is 9.27. The molecular weight excluding hydrogens is 310 g/mol. The Morgan fingerprint density at radius 2 is 1.88 bits per heavy atom. The van der Waals surface area contributed by atoms with Crippen LogP contribution in [-0.2, 0) is 14.3 Å². The number of aliphatic carboxylic acids is 1. The zero-order valence-electron chi connectivity index (χ0n) is 14.8. The van der Waals surface area contributed by atoms with Gasteiger partial charge in [-0.25, -0.2) is 4.79 Å². The monoisotopic (exact) mass is 337 g/mol. The summed E-state index contributed by atoms with van der Waals surface area (Å²) in [6, 6.07) is 6.58. The number of hydrogen-bond donors (Lipinski definition) is 2. The van der Waals surface area contributed by atoms with E-state index >= 15 is 0 Å². The molecule has 0 aliphatic rings. The van der Waals surface area contributed by atoms with Crippen LogP contribution in [0.2, 0.25) is 0 Å². The van der Waals surface area contributed by atoms with Crippen molar-refractivity contribution >= 4 is 17.6 Å². The lowest BCUT2D eigenvalue weighted by atomic mass is 9.93. The highest BCUT2D eigenvalue weighted by molar-refractivity contribution is 5.97. The Bertz CT molecular complexity index is 541. The molecule has 1 amide bonds. The van der Waals surface area contributed by atoms with Crippen molar-refractivity contribution in [3.8, 4) is 5.75 Å². The van der Waals surface area contributed by atoms with Gasteiger partial charge < -0.3 is 19.9 Å². The van der Waals surface area contributed by atoms with Crippen LogP contribution in [-0.4, -0.2) is 35.8 Å². The molecule has 0 aliphatic carbocycles. The van der Waals surface area contributed by atoms with Gasteiger partial charge in [0.05, 0.1) is 0 Å². The number of carbonyl (C=O) groups is 2. The van der Waals surface area contributed by atoms with E-state index in [2.05, 4.69) is 19.2 Å². The van der Waals surface area contributed by atoms with Gasteiger partial charge in [0.2, 0.25) is 0 Å². The first-order valence-electron chi connectivity index (χ1n) is 8.17. The van der Waals surface area contributed by atoms with Crippen LogP contribution in [0, 0.1) is 5.92 Å². The standard InChI is InChI=1S/C18H27NO5/c1-5-10-24-18(4,11-13(2)3)17(22)19-14-6-8-15(9-7-14)23-12-16(20)21/h6-9,13H,5,10-12H2,1-4H3,(H,19,22)(H,20,21)/t18-/m1/s1. The largest absolute Gasteiger partial charge is 0.482 e. The van der Waals surface area contributed by atoms with Crippen molar-refractivity contribution in [1.82, 2.24) is 0 Å². The molecule has 0 aliphatic heterocycles. The average Bonchev–Trinajstić information content (AvgIpc) is 2.51. The van der Waals surface area contributed by atoms with E-state index in [0.29, 0.717) is 30.4 Å². The second-order valence-corrected chi connectivity index (χ2v) is 6.34. The molecule has 0 fully saturated rings. The van der Waals surface area contributed by atoms with Crippen LogP contribution in [0.3, 0.4) is 0 Å². The molecule has 0 radical (unpaired) electrons. The maximum absolute atomic E-state index is 12.6. The van der Waals surface area contributed by atoms with Gasteiger partial charge in [0, 0.05) is 12.3 Å². The van der Waals surface area contributed by atoms with E-state index in [-0.39, 0.29) is 5.91 Å². The van der Waals surface area contributed by atoms with Crippen LogP contribution in [0.15, 0.2) is 24.3 Å². The Balaban J connectivity index is 2.73. The first-order chi connectivity index (χ1) is 11.3. The first-order valence-corrected chi connectivity index (χ1v) is 8.17. The molecule has 2 N–H and O–H groups in total. The molecule has 24 heavy (non-hydrogen) atoms. The lowest BCUT2D eigenvalue weighted by molar-refractivity contribution is -0.141. The van der Waals surface area contributed by atoms with Crippen LogP contribution in [0.5, 0.6) is 5.75 Å². The fourth-order valence-electron chi connectivity index (χ4n) is 2.37. The Morgan fingerprint density at radius 3 is 2.38 bits per heavy atom. The van der Waals surface area contributed by atoms with Gasteiger partial charge in [-0.15, -0.1) is 0 Å². The van der Waals surface area contributed by atoms with E-state index < -0.39 is 18.2 Å². The summed E-state index contributed by atoms with van der Waals surface area (Å²) in [4.78, 5) is 23.1. The highest BCUT2D eigenvalue weighted by Gasteiger charge is 2.34. The molecule has 0 spiro atoms. The molecule has 0 unspecified atom stereocenters. The average molecular weight is 337 g/mol. The number of rotatable bonds is 10. The highest BCUT2D eigenvalue weighted by atomic mass is 16.5. The molecule has 0 saturated carbocycles. The Kier molecular flexibility index (Phi) is 7.71. The lowest BCUT2D eigenvalue weighted by Gasteiger charge is -2.30. The zero-order valence-corrected chi connectivity index (χ0v) is 14.8. The molecule has 1 atom stereocenters. The van der Waals surface area contributed by atoms with Crippen LogP contribution in [0.4, 0.5) is 5.69 Å². The summed E-state index contributed by atoms with van der Waals surface area (Å²) in [5.41, 5.74) is -0.277. The van der Waals surface area contributed by atoms with Gasteiger partial charge in [0.15, 0.2) is 6.61 Å². The topological polar surface area (TPSA) is 84.9 Å². The third kappa shape index (κ3) is 6.58. The summed E-state index contributed by atoms with van der Waals surface area (Å²) in [7, 11) is 0. The fourth-order valence-corrected chi connectivity index (χ4v) is 2.37. The van der Waals surface area contributed by atoms with Crippen molar-refractivity contribution in [2.75, 3.05) is 18.5 Å². The molecular formula is C18H27NO5. The van der Waals surface area contributed by atoms with Crippen LogP contribution in [0.1, 0.15) is 40.5 Å². The summed E-state index contributed by atoms with van der Waals surface area (Å²) in [6.07, 6.45) is 1.47. The summed E-state index contributed by atoms with van der Waals surface area (Å²) >= 11 is 0. The van der Waals surface area contributed by atoms with E-state index in [4.69, 9.17) is 14.6 Å². The minimum atomic E-state index is -1.04. The summed E-state index contributed by atoms with van der Waals surface area (Å²) in [5, 5.41) is 11.4. The minimum absolute atomic E-state index is 0.191. The quantitative estimate of drug-likeness (QED) is 0.684. The van der Waals surface area contributed by atoms with E-state index in [9.17, 15) is 9.59 Å². The smallest absolute Gasteiger partial charge is 0.341 e. The molecule has 1 aromatic carbocycles. The molecule has 1 aromatic rings. The van der Waals surface area contributed by atoms with Crippen molar-refractivity contribution < 1.29 is 24.2 Å². The number of hydrogen-bond acceptors (Lipinski definition) is 4. The van der Waals surface area contributed by atoms with Gasteiger partial charge in [-0.3, -0.25) is 4.79 Å². The molecule has 6 heteroatoms. The van der Waals surface area contributed by atoms with Crippen molar-refractivity contribution in [1.29, 1.82) is 0 Å². The van der Waals surface area contributed by atoms with Crippen LogP contribution >= 0.6 is 0 Å². The second-order valence-electron chi connectivity index (χ2n) is 6.34. The number of anilines is 1. The van der Waals surface area contributed by atoms with Gasteiger partial charge in [0.25, 0.3) is 5.91 Å². The Morgan fingerprint density at radius 1 is 1.25 bits per heavy atom. The molecule has 0 heterocycles. The van der Waals surface area contributed by atoms with Crippen molar-refractivity contribution in [3.05, 3.63) is 24.3 Å². The number of amides is 1. The number of carboxylic acid groups (broad SMARTS) is 1. The molecule has 0 aromatic heterocycles. The van der Waals surface area contributed by atoms with Crippen LogP contribution < -0.4 is 10.1 Å². The summed E-state index contributed by atoms with van der Waals surface area (Å²) in [6.45, 7) is 8.04. The first kappa shape index (κ1) is 20.0. The molecule has 0 saturated heterocycles. The fraction of sp³-hybridized carbons (Fsp3) is 0.556. The maximum Gasteiger partial charge on any atom is 0.341 e. The predicted octanol–water partition coefficient (Wildman–Crippen LogP) is 3.32. The minimum Gasteiger partial charge on any atom is -0.482 e. The number of carboxylic acids is 1. The molecule has 0 bridgehead atoms. The van der Waals surface area contributed by atoms with E-state index in [0.717, 1.165) is 6.42 Å². The Hall–Kier alpha value is -2.08. The number of ether oxygens (including phenoxy) is 2. The van der Waals surface area contributed by atoms with Crippen molar-refractivity contribution in [3.63, 3.8) is 0 Å². The molecule has 134 valence electrons. The lowest BCUT2D eigenvalue weighted by Crippen LogP contribution is -2.44. The van der Waals surface area contributed by atoms with Gasteiger partial charge in [-0.2, -0.15) is 0 Å². The molecule has 6 nitrogen and oxygen atoms in total. The highest BCUT2D eigenvalue weighted by Crippen LogP contribution is 2.24. The van der Waals surface area contributed by atoms with Gasteiger partial charge >= 0.3 is 5.97 Å². The molecule has 1 rings (SSSR count). The SMILES string of the molecule is CCCO[C@](C)(CC(C)C)C(=O)Nc1ccc(OCC(=O)O)cc1. The van der Waals surface area contributed by atoms with E-state index in [1.807, 2.05) is 13.8 Å². The third-order valence-corrected chi connectivity index (χ3v) is 3.38.